The van der Waals surface area contributed by atoms with Gasteiger partial charge in [0.05, 0.1) is 0 Å². The number of carboxylic acid groups (broad SMARTS) is 4. The van der Waals surface area contributed by atoms with Gasteiger partial charge in [0.1, 0.15) is 0 Å². The van der Waals surface area contributed by atoms with Gasteiger partial charge in [0.2, 0.25) is 11.0 Å². The van der Waals surface area contributed by atoms with E-state index in [-0.39, 0.29) is 0 Å². The van der Waals surface area contributed by atoms with Crippen molar-refractivity contribution in [3.8, 4) is 0 Å². The number of hydrogen-bond acceptors (Lipinski definition) is 6. The van der Waals surface area contributed by atoms with Gasteiger partial charge in [-0.15, -0.1) is 0 Å². The van der Waals surface area contributed by atoms with Crippen LogP contribution in [0.1, 0.15) is 0 Å². The smallest absolute Gasteiger partial charge is 0.337 e. The molecule has 0 saturated carbocycles. The molecule has 0 aliphatic rings. The normalized spacial score (nSPS) is 11.9. The molecule has 0 heterocycles. The molecule has 0 saturated heterocycles. The average molecular weight is 250 g/mol. The van der Waals surface area contributed by atoms with Crippen molar-refractivity contribution in [2.45, 2.75) is 5.54 Å². The number of aliphatic carboxylic acids is 4. The van der Waals surface area contributed by atoms with Gasteiger partial charge in [0.25, 0.3) is 0 Å². The molecule has 0 aliphatic carbocycles. The topological polar surface area (TPSA) is 201 Å². The Balaban J connectivity index is 6.25. The lowest BCUT2D eigenvalue weighted by Gasteiger charge is -2.34. The molecular weight excluding hydrogens is 240 g/mol. The molecule has 0 aromatic rings. The van der Waals surface area contributed by atoms with Gasteiger partial charge in [-0.3, -0.25) is 9.59 Å². The Morgan fingerprint density at radius 3 is 1.18 bits per heavy atom. The van der Waals surface area contributed by atoms with E-state index < -0.39 is 41.4 Å². The Hall–Kier alpha value is -2.20. The van der Waals surface area contributed by atoms with Gasteiger partial charge in [0, 0.05) is 6.54 Å². The zero-order valence-corrected chi connectivity index (χ0v) is 8.28. The van der Waals surface area contributed by atoms with Gasteiger partial charge in [0.15, 0.2) is 0 Å². The molecular formula is C7H10N2O8. The van der Waals surface area contributed by atoms with Gasteiger partial charge >= 0.3 is 23.9 Å². The summed E-state index contributed by atoms with van der Waals surface area (Å²) < 4.78 is 0. The van der Waals surface area contributed by atoms with Crippen molar-refractivity contribution in [2.75, 3.05) is 6.54 Å². The first-order valence-corrected chi connectivity index (χ1v) is 4.01. The van der Waals surface area contributed by atoms with Crippen LogP contribution in [0.4, 0.5) is 0 Å². The van der Waals surface area contributed by atoms with Crippen LogP contribution in [-0.2, 0) is 19.2 Å². The Bertz CT molecular complexity index is 361. The zero-order valence-electron chi connectivity index (χ0n) is 8.28. The minimum absolute atomic E-state index is 1.30. The molecule has 0 spiro atoms. The average Bonchev–Trinajstić information content (AvgIpc) is 2.16. The quantitative estimate of drug-likeness (QED) is 0.263. The Morgan fingerprint density at radius 1 is 0.824 bits per heavy atom. The van der Waals surface area contributed by atoms with E-state index in [0.717, 1.165) is 0 Å². The summed E-state index contributed by atoms with van der Waals surface area (Å²) in [5.41, 5.74) is 2.88. The van der Waals surface area contributed by atoms with E-state index in [0.29, 0.717) is 0 Å². The van der Waals surface area contributed by atoms with Crippen LogP contribution < -0.4 is 11.5 Å². The molecule has 0 atom stereocenters. The van der Waals surface area contributed by atoms with Crippen LogP contribution in [0.25, 0.3) is 0 Å². The summed E-state index contributed by atoms with van der Waals surface area (Å²) in [6.07, 6.45) is 0. The fraction of sp³-hybridized carbons (Fsp3) is 0.429. The highest BCUT2D eigenvalue weighted by Gasteiger charge is 2.69. The van der Waals surface area contributed by atoms with Crippen LogP contribution >= 0.6 is 0 Å². The number of rotatable bonds is 6. The van der Waals surface area contributed by atoms with Crippen LogP contribution in [0, 0.1) is 5.41 Å². The largest absolute Gasteiger partial charge is 0.480 e. The predicted octanol–water partition coefficient (Wildman–Crippen LogP) is -3.03. The maximum atomic E-state index is 10.9. The van der Waals surface area contributed by atoms with Crippen molar-refractivity contribution < 1.29 is 39.6 Å². The van der Waals surface area contributed by atoms with Crippen LogP contribution in [0.2, 0.25) is 0 Å². The van der Waals surface area contributed by atoms with Crippen LogP contribution in [0.5, 0.6) is 0 Å². The molecule has 0 fully saturated rings. The van der Waals surface area contributed by atoms with Crippen LogP contribution in [-0.4, -0.2) is 56.4 Å². The monoisotopic (exact) mass is 250 g/mol. The Morgan fingerprint density at radius 2 is 1.12 bits per heavy atom. The lowest BCUT2D eigenvalue weighted by atomic mass is 9.69. The molecule has 10 nitrogen and oxygen atoms in total. The van der Waals surface area contributed by atoms with Crippen molar-refractivity contribution in [2.24, 2.45) is 16.9 Å². The molecule has 96 valence electrons. The maximum Gasteiger partial charge on any atom is 0.337 e. The third kappa shape index (κ3) is 1.68. The molecule has 0 aromatic carbocycles. The van der Waals surface area contributed by atoms with E-state index in [1.54, 1.807) is 0 Å². The minimum atomic E-state index is -3.58. The molecule has 0 amide bonds. The molecule has 8 N–H and O–H groups in total. The molecule has 0 bridgehead atoms. The van der Waals surface area contributed by atoms with Crippen molar-refractivity contribution in [3.63, 3.8) is 0 Å². The van der Waals surface area contributed by atoms with Crippen molar-refractivity contribution in [1.29, 1.82) is 0 Å². The summed E-state index contributed by atoms with van der Waals surface area (Å²) in [6, 6.07) is 0. The van der Waals surface area contributed by atoms with Gasteiger partial charge in [-0.1, -0.05) is 0 Å². The lowest BCUT2D eigenvalue weighted by molar-refractivity contribution is -0.184. The summed E-state index contributed by atoms with van der Waals surface area (Å²) >= 11 is 0. The second-order valence-corrected chi connectivity index (χ2v) is 3.14. The number of nitrogens with two attached hydrogens (primary N) is 2. The number of carbonyl (C=O) groups is 4. The summed E-state index contributed by atoms with van der Waals surface area (Å²) in [6.45, 7) is -1.30. The highest BCUT2D eigenvalue weighted by atomic mass is 16.4. The minimum Gasteiger partial charge on any atom is -0.480 e. The summed E-state index contributed by atoms with van der Waals surface area (Å²) in [5, 5.41) is 34.9. The fourth-order valence-corrected chi connectivity index (χ4v) is 1.22. The third-order valence-corrected chi connectivity index (χ3v) is 2.38. The SMILES string of the molecule is NCC(C(=O)O)(C(=O)O)C(N)(C(=O)O)C(=O)O. The standard InChI is InChI=1S/C7H10N2O8/c8-1-6(2(10)11,3(12)13)7(9,4(14)15)5(16)17/h1,8-9H2,(H,10,11)(H,12,13)(H,14,15)(H,16,17). The number of carboxylic acids is 4. The first-order chi connectivity index (χ1) is 7.58. The second-order valence-electron chi connectivity index (χ2n) is 3.14. The Labute approximate surface area is 93.4 Å². The van der Waals surface area contributed by atoms with Gasteiger partial charge in [-0.2, -0.15) is 0 Å². The van der Waals surface area contributed by atoms with Crippen molar-refractivity contribution in [1.82, 2.24) is 0 Å². The van der Waals surface area contributed by atoms with E-state index in [2.05, 4.69) is 0 Å². The molecule has 0 aromatic heterocycles. The van der Waals surface area contributed by atoms with E-state index in [4.69, 9.17) is 31.9 Å². The highest BCUT2D eigenvalue weighted by molar-refractivity contribution is 6.16. The van der Waals surface area contributed by atoms with E-state index >= 15 is 0 Å². The zero-order chi connectivity index (χ0) is 14.0. The summed E-state index contributed by atoms with van der Waals surface area (Å²) in [5.74, 6) is -9.14. The third-order valence-electron chi connectivity index (χ3n) is 2.38. The number of hydrogen-bond donors (Lipinski definition) is 6. The highest BCUT2D eigenvalue weighted by Crippen LogP contribution is 2.31. The predicted molar refractivity (Wildman–Crippen MR) is 48.9 cm³/mol. The second kappa shape index (κ2) is 4.35. The fourth-order valence-electron chi connectivity index (χ4n) is 1.22. The van der Waals surface area contributed by atoms with Crippen molar-refractivity contribution >= 4 is 23.9 Å². The van der Waals surface area contributed by atoms with Gasteiger partial charge in [-0.25, -0.2) is 9.59 Å². The maximum absolute atomic E-state index is 10.9. The van der Waals surface area contributed by atoms with Crippen LogP contribution in [0.15, 0.2) is 0 Å². The molecule has 17 heavy (non-hydrogen) atoms. The Kier molecular flexibility index (Phi) is 3.79. The lowest BCUT2D eigenvalue weighted by Crippen LogP contribution is -2.74. The van der Waals surface area contributed by atoms with Crippen molar-refractivity contribution in [3.05, 3.63) is 0 Å². The van der Waals surface area contributed by atoms with E-state index in [1.165, 1.54) is 0 Å². The van der Waals surface area contributed by atoms with E-state index in [9.17, 15) is 19.2 Å². The molecule has 0 unspecified atom stereocenters. The molecule has 10 heteroatoms. The summed E-state index contributed by atoms with van der Waals surface area (Å²) in [4.78, 5) is 43.3. The molecule has 0 rings (SSSR count). The molecule has 0 aliphatic heterocycles. The van der Waals surface area contributed by atoms with Crippen LogP contribution in [0.3, 0.4) is 0 Å². The van der Waals surface area contributed by atoms with Gasteiger partial charge in [-0.05, 0) is 0 Å². The van der Waals surface area contributed by atoms with E-state index in [1.807, 2.05) is 0 Å². The van der Waals surface area contributed by atoms with Gasteiger partial charge < -0.3 is 31.9 Å². The molecule has 0 radical (unpaired) electrons. The first-order valence-electron chi connectivity index (χ1n) is 4.01. The first kappa shape index (κ1) is 14.8. The summed E-state index contributed by atoms with van der Waals surface area (Å²) in [7, 11) is 0.